The maximum absolute atomic E-state index is 13.0. The third-order valence-corrected chi connectivity index (χ3v) is 5.66. The molecule has 0 saturated carbocycles. The van der Waals surface area contributed by atoms with E-state index in [1.807, 2.05) is 42.5 Å². The second kappa shape index (κ2) is 6.12. The molecule has 0 radical (unpaired) electrons. The molecule has 2 aromatic carbocycles. The molecule has 5 rings (SSSR count). The summed E-state index contributed by atoms with van der Waals surface area (Å²) in [5, 5.41) is 0.955. The second-order valence-corrected chi connectivity index (χ2v) is 7.49. The Hall–Kier alpha value is -3.28. The number of ether oxygens (including phenoxy) is 2. The van der Waals surface area contributed by atoms with Crippen molar-refractivity contribution in [3.63, 3.8) is 0 Å². The first-order chi connectivity index (χ1) is 13.6. The number of ketones is 1. The van der Waals surface area contributed by atoms with Crippen molar-refractivity contribution in [1.82, 2.24) is 9.88 Å². The lowest BCUT2D eigenvalue weighted by molar-refractivity contribution is 0.0427. The molecule has 3 aromatic rings. The van der Waals surface area contributed by atoms with Crippen LogP contribution in [-0.4, -0.2) is 47.4 Å². The van der Waals surface area contributed by atoms with Gasteiger partial charge in [-0.15, -0.1) is 0 Å². The quantitative estimate of drug-likeness (QED) is 0.744. The number of para-hydroxylation sites is 1. The predicted octanol–water partition coefficient (Wildman–Crippen LogP) is 3.43. The predicted molar refractivity (Wildman–Crippen MR) is 104 cm³/mol. The highest BCUT2D eigenvalue weighted by molar-refractivity contribution is 6.01. The van der Waals surface area contributed by atoms with Crippen LogP contribution in [0, 0.1) is 0 Å². The SMILES string of the molecule is COc1ccc2cc(C(=O)N3CCC4(CC(=O)c5ccccc5O4)C3)[nH]c2c1. The number of hydrogen-bond donors (Lipinski definition) is 1. The van der Waals surface area contributed by atoms with E-state index in [2.05, 4.69) is 4.98 Å². The van der Waals surface area contributed by atoms with E-state index >= 15 is 0 Å². The molecule has 28 heavy (non-hydrogen) atoms. The number of benzene rings is 2. The molecule has 142 valence electrons. The van der Waals surface area contributed by atoms with Gasteiger partial charge in [-0.1, -0.05) is 12.1 Å². The van der Waals surface area contributed by atoms with E-state index in [1.54, 1.807) is 18.1 Å². The highest BCUT2D eigenvalue weighted by atomic mass is 16.5. The van der Waals surface area contributed by atoms with Gasteiger partial charge in [-0.05, 0) is 30.3 Å². The maximum Gasteiger partial charge on any atom is 0.270 e. The Morgan fingerprint density at radius 2 is 2.07 bits per heavy atom. The summed E-state index contributed by atoms with van der Waals surface area (Å²) in [5.41, 5.74) is 1.39. The molecule has 1 N–H and O–H groups in total. The van der Waals surface area contributed by atoms with Gasteiger partial charge in [-0.3, -0.25) is 9.59 Å². The minimum absolute atomic E-state index is 0.0776. The van der Waals surface area contributed by atoms with E-state index in [4.69, 9.17) is 9.47 Å². The van der Waals surface area contributed by atoms with Crippen molar-refractivity contribution in [2.75, 3.05) is 20.2 Å². The van der Waals surface area contributed by atoms with Crippen molar-refractivity contribution < 1.29 is 19.1 Å². The first kappa shape index (κ1) is 16.9. The summed E-state index contributed by atoms with van der Waals surface area (Å²) in [5.74, 6) is 1.35. The van der Waals surface area contributed by atoms with Crippen LogP contribution in [-0.2, 0) is 0 Å². The van der Waals surface area contributed by atoms with Crippen molar-refractivity contribution in [3.8, 4) is 11.5 Å². The van der Waals surface area contributed by atoms with Crippen LogP contribution in [0.2, 0.25) is 0 Å². The molecule has 1 aromatic heterocycles. The van der Waals surface area contributed by atoms with Crippen LogP contribution in [0.3, 0.4) is 0 Å². The number of H-pyrrole nitrogens is 1. The molecule has 2 aliphatic heterocycles. The smallest absolute Gasteiger partial charge is 0.270 e. The molecule has 6 heteroatoms. The zero-order chi connectivity index (χ0) is 19.3. The average molecular weight is 376 g/mol. The number of nitrogens with one attached hydrogen (secondary N) is 1. The molecule has 2 aliphatic rings. The summed E-state index contributed by atoms with van der Waals surface area (Å²) in [6.45, 7) is 0.970. The zero-order valence-corrected chi connectivity index (χ0v) is 15.5. The molecule has 1 amide bonds. The topological polar surface area (TPSA) is 71.6 Å². The minimum Gasteiger partial charge on any atom is -0.497 e. The molecular formula is C22H20N2O4. The van der Waals surface area contributed by atoms with Gasteiger partial charge in [0.2, 0.25) is 0 Å². The van der Waals surface area contributed by atoms with Crippen molar-refractivity contribution in [1.29, 1.82) is 0 Å². The minimum atomic E-state index is -0.629. The van der Waals surface area contributed by atoms with Crippen LogP contribution >= 0.6 is 0 Å². The van der Waals surface area contributed by atoms with Gasteiger partial charge in [0.25, 0.3) is 5.91 Å². The number of carbonyl (C=O) groups excluding carboxylic acids is 2. The number of nitrogens with zero attached hydrogens (tertiary/aromatic N) is 1. The van der Waals surface area contributed by atoms with Crippen molar-refractivity contribution >= 4 is 22.6 Å². The van der Waals surface area contributed by atoms with Gasteiger partial charge < -0.3 is 19.4 Å². The normalized spacial score (nSPS) is 21.0. The number of hydrogen-bond acceptors (Lipinski definition) is 4. The van der Waals surface area contributed by atoms with Crippen LogP contribution < -0.4 is 9.47 Å². The molecular weight excluding hydrogens is 356 g/mol. The Bertz CT molecular complexity index is 1100. The summed E-state index contributed by atoms with van der Waals surface area (Å²) >= 11 is 0. The van der Waals surface area contributed by atoms with Crippen molar-refractivity contribution in [2.24, 2.45) is 0 Å². The van der Waals surface area contributed by atoms with Gasteiger partial charge in [0.1, 0.15) is 22.8 Å². The van der Waals surface area contributed by atoms with Crippen LogP contribution in [0.15, 0.2) is 48.5 Å². The van der Waals surface area contributed by atoms with Crippen LogP contribution in [0.1, 0.15) is 33.7 Å². The fraction of sp³-hybridized carbons (Fsp3) is 0.273. The molecule has 1 fully saturated rings. The highest BCUT2D eigenvalue weighted by Gasteiger charge is 2.47. The number of aromatic amines is 1. The van der Waals surface area contributed by atoms with E-state index in [1.165, 1.54) is 0 Å². The van der Waals surface area contributed by atoms with E-state index in [0.29, 0.717) is 42.9 Å². The lowest BCUT2D eigenvalue weighted by atomic mass is 9.89. The Morgan fingerprint density at radius 1 is 1.21 bits per heavy atom. The summed E-state index contributed by atoms with van der Waals surface area (Å²) < 4.78 is 11.5. The number of carbonyl (C=O) groups is 2. The van der Waals surface area contributed by atoms with Crippen LogP contribution in [0.5, 0.6) is 11.5 Å². The van der Waals surface area contributed by atoms with E-state index < -0.39 is 5.60 Å². The lowest BCUT2D eigenvalue weighted by Gasteiger charge is -2.34. The number of fused-ring (bicyclic) bond motifs is 2. The van der Waals surface area contributed by atoms with Crippen molar-refractivity contribution in [3.05, 3.63) is 59.8 Å². The first-order valence-corrected chi connectivity index (χ1v) is 9.34. The molecule has 1 unspecified atom stereocenters. The number of methoxy groups -OCH3 is 1. The third-order valence-electron chi connectivity index (χ3n) is 5.66. The Morgan fingerprint density at radius 3 is 2.93 bits per heavy atom. The highest BCUT2D eigenvalue weighted by Crippen LogP contribution is 2.39. The van der Waals surface area contributed by atoms with Gasteiger partial charge in [-0.2, -0.15) is 0 Å². The van der Waals surface area contributed by atoms with E-state index in [-0.39, 0.29) is 11.7 Å². The molecule has 1 saturated heterocycles. The van der Waals surface area contributed by atoms with Crippen LogP contribution in [0.25, 0.3) is 10.9 Å². The maximum atomic E-state index is 13.0. The molecule has 6 nitrogen and oxygen atoms in total. The molecule has 1 atom stereocenters. The molecule has 0 aliphatic carbocycles. The van der Waals surface area contributed by atoms with Gasteiger partial charge in [0, 0.05) is 29.9 Å². The third kappa shape index (κ3) is 2.64. The van der Waals surface area contributed by atoms with Crippen molar-refractivity contribution in [2.45, 2.75) is 18.4 Å². The Kier molecular flexibility index (Phi) is 3.69. The second-order valence-electron chi connectivity index (χ2n) is 7.49. The summed E-state index contributed by atoms with van der Waals surface area (Å²) in [6, 6.07) is 14.8. The molecule has 3 heterocycles. The van der Waals surface area contributed by atoms with E-state index in [0.717, 1.165) is 16.7 Å². The number of rotatable bonds is 2. The zero-order valence-electron chi connectivity index (χ0n) is 15.5. The Balaban J connectivity index is 1.39. The summed E-state index contributed by atoms with van der Waals surface area (Å²) in [7, 11) is 1.61. The van der Waals surface area contributed by atoms with Gasteiger partial charge in [0.05, 0.1) is 25.6 Å². The standard InChI is InChI=1S/C22H20N2O4/c1-27-15-7-6-14-10-18(23-17(14)11-15)21(26)24-9-8-22(13-24)12-19(25)16-4-2-3-5-20(16)28-22/h2-7,10-11,23H,8-9,12-13H2,1H3. The fourth-order valence-corrected chi connectivity index (χ4v) is 4.21. The largest absolute Gasteiger partial charge is 0.497 e. The lowest BCUT2D eigenvalue weighted by Crippen LogP contribution is -2.45. The number of Topliss-reactive ketones (excluding diaryl/α,β-unsaturated/α-hetero) is 1. The Labute approximate surface area is 162 Å². The summed E-state index contributed by atoms with van der Waals surface area (Å²) in [6.07, 6.45) is 0.949. The summed E-state index contributed by atoms with van der Waals surface area (Å²) in [4.78, 5) is 30.6. The monoisotopic (exact) mass is 376 g/mol. The number of aromatic nitrogens is 1. The van der Waals surface area contributed by atoms with Gasteiger partial charge in [-0.25, -0.2) is 0 Å². The number of amides is 1. The first-order valence-electron chi connectivity index (χ1n) is 9.34. The average Bonchev–Trinajstić information content (AvgIpc) is 3.31. The number of likely N-dealkylation sites (tertiary alicyclic amines) is 1. The van der Waals surface area contributed by atoms with Gasteiger partial charge >= 0.3 is 0 Å². The van der Waals surface area contributed by atoms with E-state index in [9.17, 15) is 9.59 Å². The molecule has 0 bridgehead atoms. The van der Waals surface area contributed by atoms with Crippen LogP contribution in [0.4, 0.5) is 0 Å². The fourth-order valence-electron chi connectivity index (χ4n) is 4.21. The van der Waals surface area contributed by atoms with Gasteiger partial charge in [0.15, 0.2) is 5.78 Å². The molecule has 1 spiro atoms.